The summed E-state index contributed by atoms with van der Waals surface area (Å²) < 4.78 is 32.3. The maximum absolute atomic E-state index is 11.2. The van der Waals surface area contributed by atoms with E-state index in [1.807, 2.05) is 36.4 Å². The lowest BCUT2D eigenvalue weighted by atomic mass is 10.1. The van der Waals surface area contributed by atoms with E-state index in [4.69, 9.17) is 36.0 Å². The third-order valence-electron chi connectivity index (χ3n) is 5.49. The fourth-order valence-electron chi connectivity index (χ4n) is 3.47. The van der Waals surface area contributed by atoms with Crippen molar-refractivity contribution in [3.05, 3.63) is 59.7 Å². The van der Waals surface area contributed by atoms with Crippen molar-refractivity contribution in [1.29, 1.82) is 5.41 Å². The monoisotopic (exact) mass is 595 g/mol. The Morgan fingerprint density at radius 2 is 1.59 bits per heavy atom. The molecule has 0 bridgehead atoms. The van der Waals surface area contributed by atoms with E-state index in [0.29, 0.717) is 38.2 Å². The Labute approximate surface area is 240 Å². The van der Waals surface area contributed by atoms with Crippen LogP contribution in [0.4, 0.5) is 5.69 Å². The number of aliphatic carboxylic acids is 2. The van der Waals surface area contributed by atoms with Gasteiger partial charge in [0, 0.05) is 31.8 Å². The van der Waals surface area contributed by atoms with Gasteiger partial charge in [0.15, 0.2) is 12.1 Å². The van der Waals surface area contributed by atoms with Crippen LogP contribution in [0.2, 0.25) is 0 Å². The number of aryl methyl sites for hydroxylation is 1. The number of nitrogens with one attached hydrogen (secondary N) is 3. The Balaban J connectivity index is 0.000000590. The fraction of sp³-hybridized carbons (Fsp3) is 0.444. The van der Waals surface area contributed by atoms with Crippen LogP contribution in [0.1, 0.15) is 37.3 Å². The summed E-state index contributed by atoms with van der Waals surface area (Å²) in [5, 5.41) is 30.2. The number of ether oxygens (including phenoxy) is 1. The number of carbonyl (C=O) groups is 2. The van der Waals surface area contributed by atoms with E-state index in [1.54, 1.807) is 19.1 Å². The predicted octanol–water partition coefficient (Wildman–Crippen LogP) is 1.76. The quantitative estimate of drug-likeness (QED) is 0.0601. The summed E-state index contributed by atoms with van der Waals surface area (Å²) in [6, 6.07) is 13.8. The molecular formula is C27H41N5O8S. The molecule has 41 heavy (non-hydrogen) atoms. The first kappa shape index (κ1) is 35.1. The van der Waals surface area contributed by atoms with Crippen LogP contribution >= 0.6 is 0 Å². The van der Waals surface area contributed by atoms with Gasteiger partial charge >= 0.3 is 22.1 Å². The van der Waals surface area contributed by atoms with E-state index in [9.17, 15) is 18.0 Å². The van der Waals surface area contributed by atoms with Gasteiger partial charge in [0.1, 0.15) is 11.8 Å². The number of benzene rings is 2. The maximum atomic E-state index is 11.2. The number of hydrogen-bond donors (Lipinski definition) is 7. The largest absolute Gasteiger partial charge is 0.480 e. The van der Waals surface area contributed by atoms with E-state index < -0.39 is 34.2 Å². The third kappa shape index (κ3) is 16.7. The number of hydrogen-bond acceptors (Lipinski definition) is 9. The molecule has 14 heteroatoms. The summed E-state index contributed by atoms with van der Waals surface area (Å²) in [4.78, 5) is 21.4. The molecule has 2 unspecified atom stereocenters. The molecule has 0 fully saturated rings. The van der Waals surface area contributed by atoms with Gasteiger partial charge in [0.05, 0.1) is 6.26 Å². The van der Waals surface area contributed by atoms with Crippen molar-refractivity contribution in [2.45, 2.75) is 51.2 Å². The van der Waals surface area contributed by atoms with Crippen LogP contribution < -0.4 is 26.3 Å². The second kappa shape index (κ2) is 18.5. The lowest BCUT2D eigenvalue weighted by Gasteiger charge is -2.13. The van der Waals surface area contributed by atoms with Crippen molar-refractivity contribution < 1.29 is 37.1 Å². The number of carboxylic acids is 2. The molecule has 0 heterocycles. The molecule has 2 rings (SSSR count). The molecule has 0 radical (unpaired) electrons. The van der Waals surface area contributed by atoms with Gasteiger partial charge in [-0.1, -0.05) is 24.3 Å². The fourth-order valence-corrected chi connectivity index (χ4v) is 3.93. The molecule has 0 aromatic heterocycles. The summed E-state index contributed by atoms with van der Waals surface area (Å²) >= 11 is 0. The van der Waals surface area contributed by atoms with Gasteiger partial charge in [0.2, 0.25) is 0 Å². The lowest BCUT2D eigenvalue weighted by molar-refractivity contribution is -0.150. The standard InChI is InChI=1S/C21H27NO6S.C6H14N4O2/c1-3-27-20(21(23)24)15-17-6-10-18(11-7-17)22-14-4-5-16-8-12-19(13-9-16)28-29(2,25)26;7-4(5(11)12)2-1-3-10-6(8)9/h6-13,20,22H,3-5,14-15H2,1-2H3,(H,23,24);4H,1-3,7H2,(H,11,12)(H4,8,9,10). The molecule has 2 atom stereocenters. The summed E-state index contributed by atoms with van der Waals surface area (Å²) in [6.45, 7) is 3.40. The summed E-state index contributed by atoms with van der Waals surface area (Å²) in [5.74, 6) is -1.76. The second-order valence-corrected chi connectivity index (χ2v) is 10.6. The zero-order valence-electron chi connectivity index (χ0n) is 23.3. The van der Waals surface area contributed by atoms with E-state index in [0.717, 1.165) is 42.5 Å². The molecule has 0 aliphatic carbocycles. The highest BCUT2D eigenvalue weighted by Crippen LogP contribution is 2.16. The third-order valence-corrected chi connectivity index (χ3v) is 5.98. The molecule has 0 amide bonds. The van der Waals surface area contributed by atoms with Gasteiger partial charge in [0.25, 0.3) is 0 Å². The van der Waals surface area contributed by atoms with Crippen molar-refractivity contribution in [2.75, 3.05) is 31.3 Å². The Morgan fingerprint density at radius 1 is 0.976 bits per heavy atom. The zero-order chi connectivity index (χ0) is 30.8. The van der Waals surface area contributed by atoms with Crippen LogP contribution in [0.3, 0.4) is 0 Å². The minimum absolute atomic E-state index is 0.112. The highest BCUT2D eigenvalue weighted by atomic mass is 32.2. The number of nitrogens with two attached hydrogens (primary N) is 2. The zero-order valence-corrected chi connectivity index (χ0v) is 24.2. The number of rotatable bonds is 17. The summed E-state index contributed by atoms with van der Waals surface area (Å²) in [6.07, 6.45) is 3.25. The smallest absolute Gasteiger partial charge is 0.333 e. The highest BCUT2D eigenvalue weighted by Gasteiger charge is 2.17. The SMILES string of the molecule is CCOC(Cc1ccc(NCCCc2ccc(OS(C)(=O)=O)cc2)cc1)C(=O)O.N=C(N)NCCCC(N)C(=O)O. The van der Waals surface area contributed by atoms with Crippen LogP contribution in [0.25, 0.3) is 0 Å². The van der Waals surface area contributed by atoms with Gasteiger partial charge in [-0.05, 0) is 68.0 Å². The van der Waals surface area contributed by atoms with Crippen LogP contribution in [0.15, 0.2) is 48.5 Å². The molecule has 0 spiro atoms. The molecule has 0 saturated heterocycles. The Morgan fingerprint density at radius 3 is 2.10 bits per heavy atom. The first-order chi connectivity index (χ1) is 19.3. The van der Waals surface area contributed by atoms with Crippen LogP contribution in [0, 0.1) is 5.41 Å². The van der Waals surface area contributed by atoms with E-state index in [2.05, 4.69) is 10.6 Å². The summed E-state index contributed by atoms with van der Waals surface area (Å²) in [5.41, 5.74) is 13.2. The Kier molecular flexibility index (Phi) is 15.8. The lowest BCUT2D eigenvalue weighted by Crippen LogP contribution is -2.34. The van der Waals surface area contributed by atoms with Crippen molar-refractivity contribution in [2.24, 2.45) is 11.5 Å². The number of carboxylic acid groups (broad SMARTS) is 2. The molecule has 0 aliphatic rings. The van der Waals surface area contributed by atoms with Crippen LogP contribution in [-0.4, -0.2) is 74.6 Å². The van der Waals surface area contributed by atoms with Gasteiger partial charge < -0.3 is 41.2 Å². The Hall–Kier alpha value is -3.88. The number of guanidine groups is 1. The summed E-state index contributed by atoms with van der Waals surface area (Å²) in [7, 11) is -3.50. The molecule has 228 valence electrons. The van der Waals surface area contributed by atoms with Crippen molar-refractivity contribution >= 4 is 33.7 Å². The van der Waals surface area contributed by atoms with Gasteiger partial charge in [-0.25, -0.2) is 4.79 Å². The van der Waals surface area contributed by atoms with Gasteiger partial charge in [-0.15, -0.1) is 0 Å². The molecule has 13 nitrogen and oxygen atoms in total. The average molecular weight is 596 g/mol. The van der Waals surface area contributed by atoms with Crippen molar-refractivity contribution in [1.82, 2.24) is 5.32 Å². The number of anilines is 1. The first-order valence-corrected chi connectivity index (χ1v) is 14.8. The molecule has 2 aromatic carbocycles. The average Bonchev–Trinajstić information content (AvgIpc) is 2.90. The molecule has 0 aliphatic heterocycles. The molecule has 9 N–H and O–H groups in total. The topological polar surface area (TPSA) is 227 Å². The van der Waals surface area contributed by atoms with E-state index in [1.165, 1.54) is 0 Å². The highest BCUT2D eigenvalue weighted by molar-refractivity contribution is 7.86. The maximum Gasteiger partial charge on any atom is 0.333 e. The van der Waals surface area contributed by atoms with Gasteiger partial charge in [-0.3, -0.25) is 10.2 Å². The minimum atomic E-state index is -3.50. The Bertz CT molecular complexity index is 1190. The van der Waals surface area contributed by atoms with Crippen molar-refractivity contribution in [3.63, 3.8) is 0 Å². The van der Waals surface area contributed by atoms with Crippen molar-refractivity contribution in [3.8, 4) is 5.75 Å². The van der Waals surface area contributed by atoms with E-state index >= 15 is 0 Å². The normalized spacial score (nSPS) is 12.3. The van der Waals surface area contributed by atoms with E-state index in [-0.39, 0.29) is 5.96 Å². The molecule has 2 aromatic rings. The van der Waals surface area contributed by atoms with Gasteiger partial charge in [-0.2, -0.15) is 8.42 Å². The van der Waals surface area contributed by atoms with Crippen LogP contribution in [0.5, 0.6) is 5.75 Å². The molecular weight excluding hydrogens is 554 g/mol. The second-order valence-electron chi connectivity index (χ2n) is 9.07. The minimum Gasteiger partial charge on any atom is -0.480 e. The molecule has 0 saturated carbocycles. The predicted molar refractivity (Wildman–Crippen MR) is 157 cm³/mol. The van der Waals surface area contributed by atoms with Crippen LogP contribution in [-0.2, 0) is 37.3 Å². The first-order valence-electron chi connectivity index (χ1n) is 13.0.